The smallest absolute Gasteiger partial charge is 0.422 e. The van der Waals surface area contributed by atoms with Crippen LogP contribution in [0.4, 0.5) is 13.2 Å². The Kier molecular flexibility index (Phi) is 4.18. The van der Waals surface area contributed by atoms with E-state index >= 15 is 0 Å². The molecule has 0 saturated heterocycles. The van der Waals surface area contributed by atoms with Crippen molar-refractivity contribution in [2.45, 2.75) is 12.6 Å². The predicted molar refractivity (Wildman–Crippen MR) is 52.6 cm³/mol. The number of rotatable bonds is 4. The van der Waals surface area contributed by atoms with Gasteiger partial charge in [0.05, 0.1) is 6.42 Å². The molecule has 0 unspecified atom stereocenters. The summed E-state index contributed by atoms with van der Waals surface area (Å²) in [5.74, 6) is 0.0221. The molecule has 0 atom stereocenters. The van der Waals surface area contributed by atoms with E-state index in [0.29, 0.717) is 5.56 Å². The Bertz CT molecular complexity index is 377. The lowest BCUT2D eigenvalue weighted by atomic mass is 10.1. The highest BCUT2D eigenvalue weighted by molar-refractivity contribution is 6.63. The average molecular weight is 253 g/mol. The first-order valence-corrected chi connectivity index (χ1v) is 4.72. The van der Waals surface area contributed by atoms with Crippen LogP contribution in [0, 0.1) is 0 Å². The fourth-order valence-electron chi connectivity index (χ4n) is 1.10. The first kappa shape index (κ1) is 12.8. The second-order valence-electron chi connectivity index (χ2n) is 3.04. The Labute approximate surface area is 95.0 Å². The summed E-state index contributed by atoms with van der Waals surface area (Å²) in [6, 6.07) is 5.97. The molecular formula is C10H8ClF3O2. The van der Waals surface area contributed by atoms with Crippen molar-refractivity contribution >= 4 is 16.8 Å². The van der Waals surface area contributed by atoms with Crippen LogP contribution in [0.2, 0.25) is 0 Å². The Balaban J connectivity index is 2.75. The molecule has 1 rings (SSSR count). The van der Waals surface area contributed by atoms with Crippen LogP contribution in [0.5, 0.6) is 5.75 Å². The van der Waals surface area contributed by atoms with E-state index in [1.54, 1.807) is 6.07 Å². The van der Waals surface area contributed by atoms with Crippen molar-refractivity contribution < 1.29 is 22.7 Å². The van der Waals surface area contributed by atoms with Crippen molar-refractivity contribution in [2.24, 2.45) is 0 Å². The van der Waals surface area contributed by atoms with Crippen LogP contribution in [0.1, 0.15) is 5.56 Å². The molecule has 0 aliphatic carbocycles. The number of carbonyl (C=O) groups excluding carboxylic acids is 1. The summed E-state index contributed by atoms with van der Waals surface area (Å²) in [4.78, 5) is 10.7. The predicted octanol–water partition coefficient (Wildman–Crippen LogP) is 2.94. The molecule has 0 heterocycles. The lowest BCUT2D eigenvalue weighted by Gasteiger charge is -2.11. The average Bonchev–Trinajstić information content (AvgIpc) is 2.14. The Morgan fingerprint density at radius 1 is 1.31 bits per heavy atom. The minimum absolute atomic E-state index is 0.0221. The summed E-state index contributed by atoms with van der Waals surface area (Å²) in [6.07, 6.45) is -4.56. The molecule has 6 heteroatoms. The van der Waals surface area contributed by atoms with Gasteiger partial charge in [-0.25, -0.2) is 0 Å². The molecule has 0 aliphatic rings. The lowest BCUT2D eigenvalue weighted by molar-refractivity contribution is -0.153. The molecule has 0 aliphatic heterocycles. The Morgan fingerprint density at radius 2 is 1.94 bits per heavy atom. The van der Waals surface area contributed by atoms with Gasteiger partial charge in [0.2, 0.25) is 5.24 Å². The molecule has 0 saturated carbocycles. The third-order valence-electron chi connectivity index (χ3n) is 1.69. The van der Waals surface area contributed by atoms with E-state index in [-0.39, 0.29) is 12.2 Å². The highest BCUT2D eigenvalue weighted by Crippen LogP contribution is 2.22. The van der Waals surface area contributed by atoms with E-state index in [4.69, 9.17) is 11.6 Å². The van der Waals surface area contributed by atoms with Crippen LogP contribution in [-0.2, 0) is 11.2 Å². The third-order valence-corrected chi connectivity index (χ3v) is 1.83. The molecule has 0 amide bonds. The van der Waals surface area contributed by atoms with Gasteiger partial charge in [-0.05, 0) is 17.7 Å². The molecule has 0 radical (unpaired) electrons. The highest BCUT2D eigenvalue weighted by atomic mass is 35.5. The maximum absolute atomic E-state index is 11.9. The normalized spacial score (nSPS) is 11.2. The Morgan fingerprint density at radius 3 is 2.50 bits per heavy atom. The van der Waals surface area contributed by atoms with Crippen LogP contribution in [-0.4, -0.2) is 18.0 Å². The number of benzene rings is 1. The van der Waals surface area contributed by atoms with Crippen molar-refractivity contribution in [1.82, 2.24) is 0 Å². The summed E-state index contributed by atoms with van der Waals surface area (Å²) in [5, 5.41) is -0.650. The standard InChI is InChI=1S/C10H8ClF3O2/c11-9(15)5-7-3-1-2-4-8(7)16-6-10(12,13)14/h1-4H,5-6H2. The topological polar surface area (TPSA) is 26.3 Å². The van der Waals surface area contributed by atoms with Gasteiger partial charge in [-0.3, -0.25) is 4.79 Å². The first-order chi connectivity index (χ1) is 7.38. The molecule has 0 N–H and O–H groups in total. The molecule has 0 spiro atoms. The van der Waals surface area contributed by atoms with Gasteiger partial charge in [-0.15, -0.1) is 0 Å². The zero-order valence-electron chi connectivity index (χ0n) is 8.05. The van der Waals surface area contributed by atoms with Gasteiger partial charge >= 0.3 is 6.18 Å². The van der Waals surface area contributed by atoms with Gasteiger partial charge in [-0.1, -0.05) is 18.2 Å². The SMILES string of the molecule is O=C(Cl)Cc1ccccc1OCC(F)(F)F. The molecule has 0 bridgehead atoms. The van der Waals surface area contributed by atoms with Crippen molar-refractivity contribution in [3.8, 4) is 5.75 Å². The Hall–Kier alpha value is -1.23. The number of carbonyl (C=O) groups is 1. The molecule has 2 nitrogen and oxygen atoms in total. The zero-order chi connectivity index (χ0) is 12.2. The highest BCUT2D eigenvalue weighted by Gasteiger charge is 2.28. The third kappa shape index (κ3) is 4.53. The van der Waals surface area contributed by atoms with Crippen molar-refractivity contribution in [2.75, 3.05) is 6.61 Å². The summed E-state index contributed by atoms with van der Waals surface area (Å²) >= 11 is 5.16. The van der Waals surface area contributed by atoms with E-state index in [9.17, 15) is 18.0 Å². The molecule has 0 aromatic heterocycles. The van der Waals surface area contributed by atoms with Crippen molar-refractivity contribution in [1.29, 1.82) is 0 Å². The second kappa shape index (κ2) is 5.21. The fraction of sp³-hybridized carbons (Fsp3) is 0.300. The van der Waals surface area contributed by atoms with Crippen LogP contribution < -0.4 is 4.74 Å². The number of hydrogen-bond donors (Lipinski definition) is 0. The lowest BCUT2D eigenvalue weighted by Crippen LogP contribution is -2.19. The maximum atomic E-state index is 11.9. The van der Waals surface area contributed by atoms with Crippen molar-refractivity contribution in [3.05, 3.63) is 29.8 Å². The molecule has 1 aromatic carbocycles. The van der Waals surface area contributed by atoms with Gasteiger partial charge in [0.15, 0.2) is 6.61 Å². The van der Waals surface area contributed by atoms with Gasteiger partial charge in [-0.2, -0.15) is 13.2 Å². The fourth-order valence-corrected chi connectivity index (χ4v) is 1.24. The van der Waals surface area contributed by atoms with E-state index in [1.807, 2.05) is 0 Å². The van der Waals surface area contributed by atoms with Crippen molar-refractivity contribution in [3.63, 3.8) is 0 Å². The summed E-state index contributed by atoms with van der Waals surface area (Å²) < 4.78 is 40.3. The first-order valence-electron chi connectivity index (χ1n) is 4.34. The van der Waals surface area contributed by atoms with E-state index in [1.165, 1.54) is 18.2 Å². The van der Waals surface area contributed by atoms with Crippen LogP contribution in [0.3, 0.4) is 0 Å². The van der Waals surface area contributed by atoms with Gasteiger partial charge < -0.3 is 4.74 Å². The molecular weight excluding hydrogens is 245 g/mol. The largest absolute Gasteiger partial charge is 0.484 e. The quantitative estimate of drug-likeness (QED) is 0.770. The van der Waals surface area contributed by atoms with Crippen LogP contribution in [0.25, 0.3) is 0 Å². The number of alkyl halides is 3. The number of halogens is 4. The zero-order valence-corrected chi connectivity index (χ0v) is 8.81. The van der Waals surface area contributed by atoms with E-state index in [0.717, 1.165) is 0 Å². The van der Waals surface area contributed by atoms with Crippen LogP contribution in [0.15, 0.2) is 24.3 Å². The van der Waals surface area contributed by atoms with E-state index in [2.05, 4.69) is 4.74 Å². The number of hydrogen-bond acceptors (Lipinski definition) is 2. The van der Waals surface area contributed by atoms with Gasteiger partial charge in [0.1, 0.15) is 5.75 Å². The van der Waals surface area contributed by atoms with Crippen LogP contribution >= 0.6 is 11.6 Å². The molecule has 16 heavy (non-hydrogen) atoms. The molecule has 0 fully saturated rings. The monoisotopic (exact) mass is 252 g/mol. The molecule has 88 valence electrons. The van der Waals surface area contributed by atoms with Gasteiger partial charge in [0, 0.05) is 5.56 Å². The second-order valence-corrected chi connectivity index (χ2v) is 3.47. The minimum atomic E-state index is -4.40. The molecule has 1 aromatic rings. The summed E-state index contributed by atoms with van der Waals surface area (Å²) in [6.45, 7) is -1.39. The number of para-hydroxylation sites is 1. The summed E-state index contributed by atoms with van der Waals surface area (Å²) in [7, 11) is 0. The van der Waals surface area contributed by atoms with E-state index < -0.39 is 18.0 Å². The maximum Gasteiger partial charge on any atom is 0.422 e. The number of ether oxygens (including phenoxy) is 1. The van der Waals surface area contributed by atoms with Gasteiger partial charge in [0.25, 0.3) is 0 Å². The minimum Gasteiger partial charge on any atom is -0.484 e. The summed E-state index contributed by atoms with van der Waals surface area (Å²) in [5.41, 5.74) is 0.340.